The third-order valence-electron chi connectivity index (χ3n) is 3.42. The van der Waals surface area contributed by atoms with Crippen LogP contribution in [0.2, 0.25) is 0 Å². The predicted molar refractivity (Wildman–Crippen MR) is 80.1 cm³/mol. The molecule has 0 aliphatic heterocycles. The summed E-state index contributed by atoms with van der Waals surface area (Å²) < 4.78 is 18.5. The van der Waals surface area contributed by atoms with Crippen molar-refractivity contribution in [3.63, 3.8) is 0 Å². The highest BCUT2D eigenvalue weighted by molar-refractivity contribution is 5.73. The molecule has 5 heteroatoms. The Morgan fingerprint density at radius 1 is 1.38 bits per heavy atom. The molecule has 0 radical (unpaired) electrons. The third-order valence-corrected chi connectivity index (χ3v) is 3.42. The van der Waals surface area contributed by atoms with E-state index in [1.807, 2.05) is 26.8 Å². The Hall–Kier alpha value is -1.62. The summed E-state index contributed by atoms with van der Waals surface area (Å²) in [6, 6.07) is 4.35. The van der Waals surface area contributed by atoms with Crippen molar-refractivity contribution >= 4 is 5.97 Å². The molecule has 4 nitrogen and oxygen atoms in total. The molecule has 118 valence electrons. The Bertz CT molecular complexity index is 477. The van der Waals surface area contributed by atoms with Gasteiger partial charge >= 0.3 is 5.97 Å². The number of ether oxygens (including phenoxy) is 1. The van der Waals surface area contributed by atoms with Crippen molar-refractivity contribution in [1.29, 1.82) is 0 Å². The number of benzene rings is 1. The van der Waals surface area contributed by atoms with Gasteiger partial charge in [0.1, 0.15) is 6.04 Å². The van der Waals surface area contributed by atoms with Crippen LogP contribution in [0.4, 0.5) is 4.39 Å². The van der Waals surface area contributed by atoms with Gasteiger partial charge in [0.25, 0.3) is 0 Å². The number of nitrogens with one attached hydrogen (secondary N) is 1. The molecule has 21 heavy (non-hydrogen) atoms. The maximum Gasteiger partial charge on any atom is 0.320 e. The monoisotopic (exact) mass is 297 g/mol. The van der Waals surface area contributed by atoms with Gasteiger partial charge in [-0.15, -0.1) is 0 Å². The maximum atomic E-state index is 13.6. The highest BCUT2D eigenvalue weighted by Crippen LogP contribution is 2.19. The molecule has 1 aromatic rings. The van der Waals surface area contributed by atoms with Crippen LogP contribution in [-0.4, -0.2) is 30.8 Å². The van der Waals surface area contributed by atoms with Gasteiger partial charge in [0, 0.05) is 0 Å². The molecule has 1 aromatic carbocycles. The molecule has 0 saturated heterocycles. The smallest absolute Gasteiger partial charge is 0.320 e. The molecule has 0 saturated carbocycles. The summed E-state index contributed by atoms with van der Waals surface area (Å²) in [5.74, 6) is -0.754. The number of carbonyl (C=O) groups is 1. The standard InChI is InChI=1S/C16H24FNO3/c1-10(2)15(16(19)20)18-9-11(3)7-12-5-6-14(21-4)13(17)8-12/h5-6,8,10-11,15,18H,7,9H2,1-4H3,(H,19,20)/t11?,15-/m0/s1. The van der Waals surface area contributed by atoms with E-state index in [9.17, 15) is 9.18 Å². The van der Waals surface area contributed by atoms with Crippen LogP contribution in [0.1, 0.15) is 26.3 Å². The van der Waals surface area contributed by atoms with Crippen molar-refractivity contribution in [2.75, 3.05) is 13.7 Å². The first-order valence-electron chi connectivity index (χ1n) is 7.13. The quantitative estimate of drug-likeness (QED) is 0.774. The number of rotatable bonds is 8. The number of hydrogen-bond acceptors (Lipinski definition) is 3. The Morgan fingerprint density at radius 3 is 2.52 bits per heavy atom. The minimum absolute atomic E-state index is 0.0214. The van der Waals surface area contributed by atoms with Crippen LogP contribution in [-0.2, 0) is 11.2 Å². The fourth-order valence-corrected chi connectivity index (χ4v) is 2.25. The van der Waals surface area contributed by atoms with Crippen molar-refractivity contribution in [1.82, 2.24) is 5.32 Å². The molecule has 0 amide bonds. The molecular formula is C16H24FNO3. The molecule has 0 heterocycles. The zero-order chi connectivity index (χ0) is 16.0. The zero-order valence-electron chi connectivity index (χ0n) is 13.0. The molecule has 2 atom stereocenters. The number of halogens is 1. The van der Waals surface area contributed by atoms with Crippen molar-refractivity contribution in [2.45, 2.75) is 33.2 Å². The second-order valence-corrected chi connectivity index (χ2v) is 5.75. The molecule has 0 aromatic heterocycles. The van der Waals surface area contributed by atoms with Crippen molar-refractivity contribution < 1.29 is 19.0 Å². The normalized spacial score (nSPS) is 14.0. The Labute approximate surface area is 125 Å². The van der Waals surface area contributed by atoms with Gasteiger partial charge in [-0.1, -0.05) is 26.8 Å². The van der Waals surface area contributed by atoms with E-state index in [-0.39, 0.29) is 23.4 Å². The SMILES string of the molecule is COc1ccc(CC(C)CN[C@H](C(=O)O)C(C)C)cc1F. The van der Waals surface area contributed by atoms with Crippen molar-refractivity contribution in [3.05, 3.63) is 29.6 Å². The van der Waals surface area contributed by atoms with Gasteiger partial charge in [0.15, 0.2) is 11.6 Å². The molecule has 0 bridgehead atoms. The Morgan fingerprint density at radius 2 is 2.05 bits per heavy atom. The van der Waals surface area contributed by atoms with E-state index >= 15 is 0 Å². The second kappa shape index (κ2) is 7.98. The lowest BCUT2D eigenvalue weighted by molar-refractivity contribution is -0.140. The summed E-state index contributed by atoms with van der Waals surface area (Å²) in [4.78, 5) is 11.1. The summed E-state index contributed by atoms with van der Waals surface area (Å²) in [6.45, 7) is 6.32. The molecular weight excluding hydrogens is 273 g/mol. The molecule has 2 N–H and O–H groups in total. The van der Waals surface area contributed by atoms with E-state index in [4.69, 9.17) is 9.84 Å². The molecule has 0 spiro atoms. The molecule has 0 aliphatic rings. The fraction of sp³-hybridized carbons (Fsp3) is 0.562. The number of methoxy groups -OCH3 is 1. The number of hydrogen-bond donors (Lipinski definition) is 2. The first-order chi connectivity index (χ1) is 9.85. The molecule has 0 fully saturated rings. The molecule has 1 rings (SSSR count). The van der Waals surface area contributed by atoms with Crippen LogP contribution in [0.15, 0.2) is 18.2 Å². The van der Waals surface area contributed by atoms with Crippen LogP contribution >= 0.6 is 0 Å². The summed E-state index contributed by atoms with van der Waals surface area (Å²) in [7, 11) is 1.43. The Kier molecular flexibility index (Phi) is 6.62. The average Bonchev–Trinajstić information content (AvgIpc) is 2.38. The van der Waals surface area contributed by atoms with Gasteiger partial charge < -0.3 is 15.2 Å². The van der Waals surface area contributed by atoms with Gasteiger partial charge in [0.2, 0.25) is 0 Å². The highest BCUT2D eigenvalue weighted by atomic mass is 19.1. The second-order valence-electron chi connectivity index (χ2n) is 5.75. The highest BCUT2D eigenvalue weighted by Gasteiger charge is 2.21. The van der Waals surface area contributed by atoms with E-state index < -0.39 is 12.0 Å². The van der Waals surface area contributed by atoms with E-state index in [1.54, 1.807) is 6.07 Å². The minimum atomic E-state index is -0.840. The van der Waals surface area contributed by atoms with Gasteiger partial charge in [-0.05, 0) is 42.5 Å². The Balaban J connectivity index is 2.55. The van der Waals surface area contributed by atoms with Gasteiger partial charge in [0.05, 0.1) is 7.11 Å². The number of carboxylic acid groups (broad SMARTS) is 1. The van der Waals surface area contributed by atoms with Crippen LogP contribution in [0.5, 0.6) is 5.75 Å². The lowest BCUT2D eigenvalue weighted by Crippen LogP contribution is -2.43. The van der Waals surface area contributed by atoms with Crippen molar-refractivity contribution in [2.24, 2.45) is 11.8 Å². The summed E-state index contributed by atoms with van der Waals surface area (Å²) in [5, 5.41) is 12.2. The van der Waals surface area contributed by atoms with E-state index in [2.05, 4.69) is 5.32 Å². The summed E-state index contributed by atoms with van der Waals surface area (Å²) >= 11 is 0. The lowest BCUT2D eigenvalue weighted by Gasteiger charge is -2.20. The van der Waals surface area contributed by atoms with Crippen molar-refractivity contribution in [3.8, 4) is 5.75 Å². The topological polar surface area (TPSA) is 58.6 Å². The van der Waals surface area contributed by atoms with Crippen LogP contribution in [0, 0.1) is 17.7 Å². The van der Waals surface area contributed by atoms with Crippen LogP contribution < -0.4 is 10.1 Å². The maximum absolute atomic E-state index is 13.6. The minimum Gasteiger partial charge on any atom is -0.494 e. The lowest BCUT2D eigenvalue weighted by atomic mass is 9.99. The summed E-state index contributed by atoms with van der Waals surface area (Å²) in [5.41, 5.74) is 0.874. The van der Waals surface area contributed by atoms with Gasteiger partial charge in [-0.3, -0.25) is 4.79 Å². The van der Waals surface area contributed by atoms with E-state index in [0.717, 1.165) is 5.56 Å². The molecule has 1 unspecified atom stereocenters. The average molecular weight is 297 g/mol. The third kappa shape index (κ3) is 5.34. The van der Waals surface area contributed by atoms with Gasteiger partial charge in [-0.25, -0.2) is 4.39 Å². The summed E-state index contributed by atoms with van der Waals surface area (Å²) in [6.07, 6.45) is 0.679. The van der Waals surface area contributed by atoms with Crippen LogP contribution in [0.3, 0.4) is 0 Å². The van der Waals surface area contributed by atoms with Crippen LogP contribution in [0.25, 0.3) is 0 Å². The fourth-order valence-electron chi connectivity index (χ4n) is 2.25. The number of aliphatic carboxylic acids is 1. The predicted octanol–water partition coefficient (Wildman–Crippen LogP) is 2.71. The first-order valence-corrected chi connectivity index (χ1v) is 7.13. The van der Waals surface area contributed by atoms with E-state index in [1.165, 1.54) is 13.2 Å². The number of carboxylic acids is 1. The zero-order valence-corrected chi connectivity index (χ0v) is 13.0. The first kappa shape index (κ1) is 17.4. The molecule has 0 aliphatic carbocycles. The van der Waals surface area contributed by atoms with E-state index in [0.29, 0.717) is 13.0 Å². The van der Waals surface area contributed by atoms with Gasteiger partial charge in [-0.2, -0.15) is 0 Å². The largest absolute Gasteiger partial charge is 0.494 e.